The van der Waals surface area contributed by atoms with Gasteiger partial charge in [0, 0.05) is 16.3 Å². The number of carbonyl (C=O) groups is 1. The zero-order chi connectivity index (χ0) is 27.2. The number of nitrogens with zero attached hydrogens (tertiary/aromatic N) is 2. The molecular formula is C29H28ClN3O4S2. The minimum absolute atomic E-state index is 0.0923. The summed E-state index contributed by atoms with van der Waals surface area (Å²) in [6, 6.07) is 23.8. The van der Waals surface area contributed by atoms with E-state index in [4.69, 9.17) is 16.0 Å². The Hall–Kier alpha value is -3.14. The van der Waals surface area contributed by atoms with Gasteiger partial charge in [-0.05, 0) is 92.1 Å². The molecule has 0 saturated heterocycles. The molecule has 39 heavy (non-hydrogen) atoms. The lowest BCUT2D eigenvalue weighted by atomic mass is 9.84. The Balaban J connectivity index is 1.14. The zero-order valence-corrected chi connectivity index (χ0v) is 23.5. The largest absolute Gasteiger partial charge is 0.411 e. The van der Waals surface area contributed by atoms with Gasteiger partial charge in [0.25, 0.3) is 5.22 Å². The second-order valence-corrected chi connectivity index (χ2v) is 13.2. The molecule has 1 aromatic heterocycles. The normalized spacial score (nSPS) is 17.6. The van der Waals surface area contributed by atoms with Gasteiger partial charge in [0.1, 0.15) is 0 Å². The molecular weight excluding hydrogens is 554 g/mol. The van der Waals surface area contributed by atoms with E-state index in [2.05, 4.69) is 27.6 Å². The molecule has 1 heterocycles. The zero-order valence-electron chi connectivity index (χ0n) is 21.1. The van der Waals surface area contributed by atoms with Crippen molar-refractivity contribution in [2.24, 2.45) is 5.92 Å². The van der Waals surface area contributed by atoms with Gasteiger partial charge in [-0.25, -0.2) is 8.42 Å². The number of aromatic nitrogens is 2. The summed E-state index contributed by atoms with van der Waals surface area (Å²) < 4.78 is 32.3. The number of hydrogen-bond donors (Lipinski definition) is 1. The molecule has 0 spiro atoms. The fourth-order valence-electron chi connectivity index (χ4n) is 4.82. The van der Waals surface area contributed by atoms with Gasteiger partial charge in [-0.3, -0.25) is 4.79 Å². The Bertz CT molecular complexity index is 1500. The molecule has 0 unspecified atom stereocenters. The molecule has 4 aromatic rings. The molecule has 1 N–H and O–H groups in total. The third-order valence-electron chi connectivity index (χ3n) is 6.89. The molecule has 0 radical (unpaired) electrons. The van der Waals surface area contributed by atoms with Crippen LogP contribution in [-0.2, 0) is 21.1 Å². The van der Waals surface area contributed by atoms with Gasteiger partial charge in [0.15, 0.2) is 9.84 Å². The van der Waals surface area contributed by atoms with Crippen LogP contribution in [0.5, 0.6) is 0 Å². The van der Waals surface area contributed by atoms with Crippen molar-refractivity contribution in [1.82, 2.24) is 10.2 Å². The third-order valence-corrected chi connectivity index (χ3v) is 10.2. The van der Waals surface area contributed by atoms with E-state index < -0.39 is 9.84 Å². The number of anilines is 1. The van der Waals surface area contributed by atoms with Crippen LogP contribution in [0.3, 0.4) is 0 Å². The van der Waals surface area contributed by atoms with Crippen molar-refractivity contribution < 1.29 is 17.6 Å². The van der Waals surface area contributed by atoms with Gasteiger partial charge in [0.05, 0.1) is 15.9 Å². The van der Waals surface area contributed by atoms with Gasteiger partial charge in [0.2, 0.25) is 11.8 Å². The number of rotatable bonds is 9. The van der Waals surface area contributed by atoms with Gasteiger partial charge in [-0.1, -0.05) is 53.7 Å². The molecule has 0 atom stereocenters. The molecule has 10 heteroatoms. The van der Waals surface area contributed by atoms with Crippen molar-refractivity contribution >= 4 is 44.8 Å². The predicted molar refractivity (Wildman–Crippen MR) is 154 cm³/mol. The highest BCUT2D eigenvalue weighted by Gasteiger charge is 2.32. The summed E-state index contributed by atoms with van der Waals surface area (Å²) in [6.45, 7) is 0. The van der Waals surface area contributed by atoms with E-state index in [9.17, 15) is 13.2 Å². The summed E-state index contributed by atoms with van der Waals surface area (Å²) >= 11 is 6.98. The fourth-order valence-corrected chi connectivity index (χ4v) is 7.30. The SMILES string of the molecule is O=C(CSc1nnc(-c2ccc(S(=O)(=O)C3CCC(Cc4ccccc4)CC3)cc2)o1)Nc1ccc(Cl)cc1. The molecule has 7 nitrogen and oxygen atoms in total. The Morgan fingerprint density at radius 1 is 0.923 bits per heavy atom. The number of benzene rings is 3. The average Bonchev–Trinajstić information content (AvgIpc) is 3.43. The molecule has 1 amide bonds. The number of thioether (sulfide) groups is 1. The standard InChI is InChI=1S/C29H28ClN3O4S2/c30-23-10-12-24(13-11-23)31-27(34)19-38-29-33-32-28(37-29)22-8-16-26(17-9-22)39(35,36)25-14-6-21(7-15-25)18-20-4-2-1-3-5-20/h1-5,8-13,16-17,21,25H,6-7,14-15,18-19H2,(H,31,34). The van der Waals surface area contributed by atoms with Crippen molar-refractivity contribution in [2.45, 2.75) is 47.5 Å². The average molecular weight is 582 g/mol. The van der Waals surface area contributed by atoms with E-state index >= 15 is 0 Å². The van der Waals surface area contributed by atoms with Crippen molar-refractivity contribution in [1.29, 1.82) is 0 Å². The fraction of sp³-hybridized carbons (Fsp3) is 0.276. The Kier molecular flexibility index (Phi) is 8.69. The van der Waals surface area contributed by atoms with E-state index in [0.29, 0.717) is 39.9 Å². The van der Waals surface area contributed by atoms with Gasteiger partial charge < -0.3 is 9.73 Å². The topological polar surface area (TPSA) is 102 Å². The molecule has 1 aliphatic rings. The van der Waals surface area contributed by atoms with Gasteiger partial charge in [-0.15, -0.1) is 10.2 Å². The predicted octanol–water partition coefficient (Wildman–Crippen LogP) is 6.70. The Labute approximate surface area is 237 Å². The highest BCUT2D eigenvalue weighted by molar-refractivity contribution is 7.99. The molecule has 1 fully saturated rings. The first kappa shape index (κ1) is 27.4. The van der Waals surface area contributed by atoms with Crippen LogP contribution < -0.4 is 5.32 Å². The van der Waals surface area contributed by atoms with Crippen LogP contribution in [0.15, 0.2) is 93.4 Å². The van der Waals surface area contributed by atoms with E-state index in [1.54, 1.807) is 48.5 Å². The number of carbonyl (C=O) groups excluding carboxylic acids is 1. The quantitative estimate of drug-likeness (QED) is 0.219. The van der Waals surface area contributed by atoms with Crippen LogP contribution in [0.2, 0.25) is 5.02 Å². The minimum atomic E-state index is -3.42. The van der Waals surface area contributed by atoms with E-state index in [1.165, 1.54) is 5.56 Å². The maximum atomic E-state index is 13.3. The smallest absolute Gasteiger partial charge is 0.277 e. The summed E-state index contributed by atoms with van der Waals surface area (Å²) in [5.41, 5.74) is 2.57. The first-order chi connectivity index (χ1) is 18.9. The number of nitrogens with one attached hydrogen (secondary N) is 1. The molecule has 5 rings (SSSR count). The van der Waals surface area contributed by atoms with Crippen LogP contribution in [0.1, 0.15) is 31.2 Å². The molecule has 0 bridgehead atoms. The van der Waals surface area contributed by atoms with Crippen LogP contribution in [-0.4, -0.2) is 35.5 Å². The van der Waals surface area contributed by atoms with Crippen molar-refractivity contribution in [3.05, 3.63) is 89.4 Å². The van der Waals surface area contributed by atoms with Crippen molar-refractivity contribution in [3.8, 4) is 11.5 Å². The summed E-state index contributed by atoms with van der Waals surface area (Å²) in [5.74, 6) is 0.663. The number of amides is 1. The van der Waals surface area contributed by atoms with Gasteiger partial charge in [-0.2, -0.15) is 0 Å². The van der Waals surface area contributed by atoms with Crippen LogP contribution in [0.4, 0.5) is 5.69 Å². The first-order valence-corrected chi connectivity index (χ1v) is 15.7. The first-order valence-electron chi connectivity index (χ1n) is 12.8. The molecule has 1 aliphatic carbocycles. The maximum absolute atomic E-state index is 13.3. The summed E-state index contributed by atoms with van der Waals surface area (Å²) in [5, 5.41) is 11.3. The highest BCUT2D eigenvalue weighted by Crippen LogP contribution is 2.34. The van der Waals surface area contributed by atoms with Crippen molar-refractivity contribution in [2.75, 3.05) is 11.1 Å². The number of halogens is 1. The lowest BCUT2D eigenvalue weighted by Crippen LogP contribution is -2.28. The molecule has 0 aliphatic heterocycles. The number of sulfone groups is 1. The van der Waals surface area contributed by atoms with E-state index in [-0.39, 0.29) is 28.0 Å². The lowest BCUT2D eigenvalue weighted by molar-refractivity contribution is -0.113. The number of hydrogen-bond acceptors (Lipinski definition) is 7. The monoisotopic (exact) mass is 581 g/mol. The van der Waals surface area contributed by atoms with Crippen LogP contribution in [0.25, 0.3) is 11.5 Å². The summed E-state index contributed by atoms with van der Waals surface area (Å²) in [6.07, 6.45) is 4.18. The molecule has 3 aromatic carbocycles. The van der Waals surface area contributed by atoms with Crippen LogP contribution in [0, 0.1) is 5.92 Å². The maximum Gasteiger partial charge on any atom is 0.277 e. The Morgan fingerprint density at radius 2 is 1.62 bits per heavy atom. The summed E-state index contributed by atoms with van der Waals surface area (Å²) in [7, 11) is -3.42. The van der Waals surface area contributed by atoms with E-state index in [0.717, 1.165) is 31.0 Å². The third kappa shape index (κ3) is 7.09. The molecule has 1 saturated carbocycles. The second kappa shape index (κ2) is 12.4. The van der Waals surface area contributed by atoms with Crippen molar-refractivity contribution in [3.63, 3.8) is 0 Å². The second-order valence-electron chi connectivity index (χ2n) is 9.62. The molecule has 202 valence electrons. The summed E-state index contributed by atoms with van der Waals surface area (Å²) in [4.78, 5) is 12.5. The minimum Gasteiger partial charge on any atom is -0.411 e. The van der Waals surface area contributed by atoms with E-state index in [1.807, 2.05) is 18.2 Å². The van der Waals surface area contributed by atoms with Crippen LogP contribution >= 0.6 is 23.4 Å². The Morgan fingerprint density at radius 3 is 2.31 bits per heavy atom. The highest BCUT2D eigenvalue weighted by atomic mass is 35.5. The lowest BCUT2D eigenvalue weighted by Gasteiger charge is -2.28. The van der Waals surface area contributed by atoms with Gasteiger partial charge >= 0.3 is 0 Å².